The molecular weight excluding hydrogens is 410 g/mol. The first-order valence-electron chi connectivity index (χ1n) is 5.73. The standard InChI is InChI=1S/C12H6Cl4N2O4S/c13-7-2-1-6(3-11(7)18(19)20)17-23(21,22)12-5-9(15)8(14)4-10(12)16/h1-5,17H. The van der Waals surface area contributed by atoms with Crippen LogP contribution in [-0.2, 0) is 10.0 Å². The summed E-state index contributed by atoms with van der Waals surface area (Å²) in [6.45, 7) is 0. The number of anilines is 1. The van der Waals surface area contributed by atoms with Gasteiger partial charge >= 0.3 is 0 Å². The zero-order valence-corrected chi connectivity index (χ0v) is 14.7. The number of nitrogens with one attached hydrogen (secondary N) is 1. The lowest BCUT2D eigenvalue weighted by atomic mass is 10.3. The Morgan fingerprint density at radius 1 is 0.913 bits per heavy atom. The van der Waals surface area contributed by atoms with Crippen molar-refractivity contribution in [1.82, 2.24) is 0 Å². The Morgan fingerprint density at radius 3 is 2.13 bits per heavy atom. The van der Waals surface area contributed by atoms with E-state index < -0.39 is 20.6 Å². The third-order valence-corrected chi connectivity index (χ3v) is 5.55. The predicted molar refractivity (Wildman–Crippen MR) is 90.4 cm³/mol. The summed E-state index contributed by atoms with van der Waals surface area (Å²) in [6, 6.07) is 5.74. The predicted octanol–water partition coefficient (Wildman–Crippen LogP) is 5.01. The molecule has 2 aromatic carbocycles. The van der Waals surface area contributed by atoms with Crippen LogP contribution < -0.4 is 4.72 Å². The SMILES string of the molecule is O=[N+]([O-])c1cc(NS(=O)(=O)c2cc(Cl)c(Cl)cc2Cl)ccc1Cl. The number of halogens is 4. The first-order chi connectivity index (χ1) is 10.6. The topological polar surface area (TPSA) is 89.3 Å². The lowest BCUT2D eigenvalue weighted by molar-refractivity contribution is -0.384. The second-order valence-corrected chi connectivity index (χ2v) is 7.51. The molecule has 0 radical (unpaired) electrons. The Kier molecular flexibility index (Phi) is 5.27. The van der Waals surface area contributed by atoms with Crippen molar-refractivity contribution in [3.63, 3.8) is 0 Å². The molecule has 122 valence electrons. The molecule has 0 aliphatic carbocycles. The van der Waals surface area contributed by atoms with Crippen LogP contribution in [-0.4, -0.2) is 13.3 Å². The monoisotopic (exact) mass is 414 g/mol. The molecule has 0 aliphatic heterocycles. The average molecular weight is 416 g/mol. The Hall–Kier alpha value is -1.25. The van der Waals surface area contributed by atoms with Crippen molar-refractivity contribution in [3.05, 3.63) is 60.5 Å². The van der Waals surface area contributed by atoms with Gasteiger partial charge in [-0.1, -0.05) is 46.4 Å². The molecule has 6 nitrogen and oxygen atoms in total. The van der Waals surface area contributed by atoms with E-state index in [4.69, 9.17) is 46.4 Å². The van der Waals surface area contributed by atoms with Crippen LogP contribution in [0.5, 0.6) is 0 Å². The van der Waals surface area contributed by atoms with E-state index >= 15 is 0 Å². The Morgan fingerprint density at radius 2 is 1.52 bits per heavy atom. The van der Waals surface area contributed by atoms with Gasteiger partial charge in [0.2, 0.25) is 0 Å². The average Bonchev–Trinajstić information content (AvgIpc) is 2.44. The minimum Gasteiger partial charge on any atom is -0.279 e. The van der Waals surface area contributed by atoms with Crippen molar-refractivity contribution >= 4 is 67.8 Å². The molecule has 23 heavy (non-hydrogen) atoms. The quantitative estimate of drug-likeness (QED) is 0.431. The highest BCUT2D eigenvalue weighted by Gasteiger charge is 2.22. The van der Waals surface area contributed by atoms with Crippen molar-refractivity contribution in [3.8, 4) is 0 Å². The molecule has 0 heterocycles. The highest BCUT2D eigenvalue weighted by atomic mass is 35.5. The molecule has 0 amide bonds. The number of rotatable bonds is 4. The van der Waals surface area contributed by atoms with Crippen molar-refractivity contribution in [1.29, 1.82) is 0 Å². The second kappa shape index (κ2) is 6.70. The molecule has 11 heteroatoms. The summed E-state index contributed by atoms with van der Waals surface area (Å²) in [7, 11) is -4.13. The van der Waals surface area contributed by atoms with Gasteiger partial charge in [-0.2, -0.15) is 0 Å². The number of hydrogen-bond acceptors (Lipinski definition) is 4. The Balaban J connectivity index is 2.45. The fourth-order valence-corrected chi connectivity index (χ4v) is 3.88. The molecule has 2 aromatic rings. The molecule has 0 aromatic heterocycles. The number of benzene rings is 2. The molecule has 0 bridgehead atoms. The molecule has 0 spiro atoms. The van der Waals surface area contributed by atoms with Gasteiger partial charge in [-0.05, 0) is 24.3 Å². The molecule has 0 saturated carbocycles. The number of nitro groups is 1. The van der Waals surface area contributed by atoms with Crippen LogP contribution in [0.1, 0.15) is 0 Å². The highest BCUT2D eigenvalue weighted by molar-refractivity contribution is 7.92. The molecule has 2 rings (SSSR count). The van der Waals surface area contributed by atoms with Gasteiger partial charge in [-0.3, -0.25) is 14.8 Å². The van der Waals surface area contributed by atoms with Crippen LogP contribution in [0.2, 0.25) is 20.1 Å². The maximum absolute atomic E-state index is 12.4. The summed E-state index contributed by atoms with van der Waals surface area (Å²) in [5.74, 6) is 0. The zero-order chi connectivity index (χ0) is 17.4. The van der Waals surface area contributed by atoms with Gasteiger partial charge in [0.15, 0.2) is 0 Å². The van der Waals surface area contributed by atoms with Gasteiger partial charge in [0.25, 0.3) is 15.7 Å². The summed E-state index contributed by atoms with van der Waals surface area (Å²) in [5, 5.41) is 10.7. The number of sulfonamides is 1. The van der Waals surface area contributed by atoms with Gasteiger partial charge < -0.3 is 0 Å². The summed E-state index contributed by atoms with van der Waals surface area (Å²) in [5.41, 5.74) is -0.490. The van der Waals surface area contributed by atoms with Gasteiger partial charge in [0.05, 0.1) is 25.7 Å². The zero-order valence-electron chi connectivity index (χ0n) is 10.9. The fraction of sp³-hybridized carbons (Fsp3) is 0. The van der Waals surface area contributed by atoms with Crippen molar-refractivity contribution in [2.75, 3.05) is 4.72 Å². The maximum Gasteiger partial charge on any atom is 0.289 e. The van der Waals surface area contributed by atoms with Crippen molar-refractivity contribution < 1.29 is 13.3 Å². The molecule has 0 unspecified atom stereocenters. The summed E-state index contributed by atoms with van der Waals surface area (Å²) in [6.07, 6.45) is 0. The molecular formula is C12H6Cl4N2O4S. The summed E-state index contributed by atoms with van der Waals surface area (Å²) < 4.78 is 26.9. The normalized spacial score (nSPS) is 11.3. The summed E-state index contributed by atoms with van der Waals surface area (Å²) in [4.78, 5) is 9.79. The van der Waals surface area contributed by atoms with Crippen LogP contribution in [0.4, 0.5) is 11.4 Å². The first-order valence-corrected chi connectivity index (χ1v) is 8.72. The van der Waals surface area contributed by atoms with Gasteiger partial charge in [0, 0.05) is 6.07 Å². The molecule has 0 saturated heterocycles. The summed E-state index contributed by atoms with van der Waals surface area (Å²) >= 11 is 23.1. The maximum atomic E-state index is 12.4. The van der Waals surface area contributed by atoms with E-state index in [1.54, 1.807) is 0 Å². The van der Waals surface area contributed by atoms with E-state index in [0.29, 0.717) is 0 Å². The highest BCUT2D eigenvalue weighted by Crippen LogP contribution is 2.33. The Bertz CT molecular complexity index is 902. The van der Waals surface area contributed by atoms with Gasteiger partial charge in [-0.25, -0.2) is 8.42 Å². The molecule has 0 aliphatic rings. The first kappa shape index (κ1) is 18.1. The number of nitrogens with zero attached hydrogens (tertiary/aromatic N) is 1. The molecule has 0 atom stereocenters. The Labute approximate surface area is 151 Å². The minimum atomic E-state index is -4.13. The third-order valence-electron chi connectivity index (χ3n) is 2.66. The minimum absolute atomic E-state index is 0.00136. The van der Waals surface area contributed by atoms with E-state index in [-0.39, 0.29) is 30.7 Å². The number of nitro benzene ring substituents is 1. The van der Waals surface area contributed by atoms with E-state index in [0.717, 1.165) is 12.1 Å². The van der Waals surface area contributed by atoms with Crippen LogP contribution in [0.25, 0.3) is 0 Å². The molecule has 0 fully saturated rings. The largest absolute Gasteiger partial charge is 0.289 e. The van der Waals surface area contributed by atoms with Crippen LogP contribution in [0.15, 0.2) is 35.2 Å². The van der Waals surface area contributed by atoms with E-state index in [9.17, 15) is 18.5 Å². The van der Waals surface area contributed by atoms with Crippen LogP contribution in [0, 0.1) is 10.1 Å². The van der Waals surface area contributed by atoms with Gasteiger partial charge in [0.1, 0.15) is 9.92 Å². The van der Waals surface area contributed by atoms with Crippen LogP contribution >= 0.6 is 46.4 Å². The second-order valence-electron chi connectivity index (χ2n) is 4.23. The lowest BCUT2D eigenvalue weighted by Gasteiger charge is -2.10. The third kappa shape index (κ3) is 3.99. The van der Waals surface area contributed by atoms with Crippen molar-refractivity contribution in [2.24, 2.45) is 0 Å². The van der Waals surface area contributed by atoms with E-state index in [1.165, 1.54) is 18.2 Å². The van der Waals surface area contributed by atoms with Gasteiger partial charge in [-0.15, -0.1) is 0 Å². The van der Waals surface area contributed by atoms with E-state index in [1.807, 2.05) is 0 Å². The number of hydrogen-bond donors (Lipinski definition) is 1. The fourth-order valence-electron chi connectivity index (χ4n) is 1.64. The lowest BCUT2D eigenvalue weighted by Crippen LogP contribution is -2.13. The molecule has 1 N–H and O–H groups in total. The smallest absolute Gasteiger partial charge is 0.279 e. The van der Waals surface area contributed by atoms with E-state index in [2.05, 4.69) is 4.72 Å². The van der Waals surface area contributed by atoms with Crippen LogP contribution in [0.3, 0.4) is 0 Å². The van der Waals surface area contributed by atoms with Crippen molar-refractivity contribution in [2.45, 2.75) is 4.90 Å².